The van der Waals surface area contributed by atoms with Gasteiger partial charge in [-0.05, 0) is 32.5 Å². The maximum Gasteiger partial charge on any atom is 0.102 e. The average molecular weight is 228 g/mol. The molecule has 2 aliphatic heterocycles. The Morgan fingerprint density at radius 1 is 1.44 bits per heavy atom. The highest BCUT2D eigenvalue weighted by Gasteiger charge is 2.32. The smallest absolute Gasteiger partial charge is 0.102 e. The molecule has 0 radical (unpaired) electrons. The van der Waals surface area contributed by atoms with E-state index in [9.17, 15) is 5.11 Å². The molecule has 0 spiro atoms. The molecule has 0 saturated carbocycles. The van der Waals surface area contributed by atoms with Crippen molar-refractivity contribution in [2.45, 2.75) is 37.8 Å². The number of ether oxygens (including phenoxy) is 1. The van der Waals surface area contributed by atoms with Crippen LogP contribution in [0.2, 0.25) is 0 Å². The number of nitrogens with zero attached hydrogens (tertiary/aromatic N) is 1. The van der Waals surface area contributed by atoms with Gasteiger partial charge in [-0.1, -0.05) is 6.92 Å². The number of hydrogen-bond acceptors (Lipinski definition) is 4. The quantitative estimate of drug-likeness (QED) is 0.722. The van der Waals surface area contributed by atoms with Gasteiger partial charge in [-0.25, -0.2) is 0 Å². The SMILES string of the molecule is CCN1CCC(NCC2(O)CCOC2)CC1. The molecule has 0 aromatic carbocycles. The molecule has 2 rings (SSSR count). The van der Waals surface area contributed by atoms with Crippen LogP contribution in [0.4, 0.5) is 0 Å². The van der Waals surface area contributed by atoms with E-state index in [4.69, 9.17) is 4.74 Å². The lowest BCUT2D eigenvalue weighted by Crippen LogP contribution is -2.48. The Hall–Kier alpha value is -0.160. The van der Waals surface area contributed by atoms with Crippen LogP contribution in [0.5, 0.6) is 0 Å². The van der Waals surface area contributed by atoms with Crippen LogP contribution in [0, 0.1) is 0 Å². The Kier molecular flexibility index (Phi) is 4.19. The molecule has 0 bridgehead atoms. The second-order valence-corrected chi connectivity index (χ2v) is 5.12. The molecule has 1 atom stereocenters. The predicted octanol–water partition coefficient (Wildman–Crippen LogP) is 0.212. The maximum atomic E-state index is 10.1. The summed E-state index contributed by atoms with van der Waals surface area (Å²) in [4.78, 5) is 2.48. The van der Waals surface area contributed by atoms with Gasteiger partial charge >= 0.3 is 0 Å². The fourth-order valence-corrected chi connectivity index (χ4v) is 2.52. The van der Waals surface area contributed by atoms with Crippen molar-refractivity contribution in [3.63, 3.8) is 0 Å². The maximum absolute atomic E-state index is 10.1. The van der Waals surface area contributed by atoms with Crippen LogP contribution < -0.4 is 5.32 Å². The van der Waals surface area contributed by atoms with Gasteiger partial charge in [-0.15, -0.1) is 0 Å². The molecule has 2 heterocycles. The number of aliphatic hydroxyl groups is 1. The lowest BCUT2D eigenvalue weighted by Gasteiger charge is -2.33. The minimum atomic E-state index is -0.609. The van der Waals surface area contributed by atoms with Gasteiger partial charge < -0.3 is 20.1 Å². The average Bonchev–Trinajstić information content (AvgIpc) is 2.75. The summed E-state index contributed by atoms with van der Waals surface area (Å²) in [7, 11) is 0. The van der Waals surface area contributed by atoms with Gasteiger partial charge in [0.25, 0.3) is 0 Å². The fraction of sp³-hybridized carbons (Fsp3) is 1.00. The molecule has 16 heavy (non-hydrogen) atoms. The van der Waals surface area contributed by atoms with E-state index in [2.05, 4.69) is 17.1 Å². The Labute approximate surface area is 98.0 Å². The first-order valence-corrected chi connectivity index (χ1v) is 6.48. The van der Waals surface area contributed by atoms with E-state index in [0.29, 0.717) is 25.8 Å². The largest absolute Gasteiger partial charge is 0.386 e. The minimum absolute atomic E-state index is 0.494. The van der Waals surface area contributed by atoms with Crippen LogP contribution >= 0.6 is 0 Å². The summed E-state index contributed by atoms with van der Waals surface area (Å²) >= 11 is 0. The molecule has 2 N–H and O–H groups in total. The zero-order chi connectivity index (χ0) is 11.4. The molecule has 2 aliphatic rings. The molecule has 2 fully saturated rings. The van der Waals surface area contributed by atoms with E-state index in [-0.39, 0.29) is 0 Å². The van der Waals surface area contributed by atoms with Crippen molar-refractivity contribution in [2.75, 3.05) is 39.4 Å². The molecule has 4 nitrogen and oxygen atoms in total. The van der Waals surface area contributed by atoms with E-state index in [0.717, 1.165) is 13.0 Å². The molecular weight excluding hydrogens is 204 g/mol. The molecule has 2 saturated heterocycles. The number of rotatable bonds is 4. The summed E-state index contributed by atoms with van der Waals surface area (Å²) in [6.45, 7) is 7.62. The summed E-state index contributed by atoms with van der Waals surface area (Å²) in [5, 5.41) is 13.6. The molecule has 0 aliphatic carbocycles. The van der Waals surface area contributed by atoms with E-state index in [1.807, 2.05) is 0 Å². The first-order chi connectivity index (χ1) is 7.72. The Morgan fingerprint density at radius 3 is 2.75 bits per heavy atom. The minimum Gasteiger partial charge on any atom is -0.386 e. The number of nitrogens with one attached hydrogen (secondary N) is 1. The van der Waals surface area contributed by atoms with Gasteiger partial charge in [-0.2, -0.15) is 0 Å². The second kappa shape index (κ2) is 5.45. The van der Waals surface area contributed by atoms with Crippen LogP contribution in [0.15, 0.2) is 0 Å². The fourth-order valence-electron chi connectivity index (χ4n) is 2.52. The first kappa shape index (κ1) is 12.3. The van der Waals surface area contributed by atoms with Gasteiger partial charge in [-0.3, -0.25) is 0 Å². The van der Waals surface area contributed by atoms with Crippen LogP contribution in [0.1, 0.15) is 26.2 Å². The molecule has 0 aromatic rings. The van der Waals surface area contributed by atoms with Gasteiger partial charge in [0.05, 0.1) is 6.61 Å². The number of likely N-dealkylation sites (tertiary alicyclic amines) is 1. The highest BCUT2D eigenvalue weighted by Crippen LogP contribution is 2.18. The second-order valence-electron chi connectivity index (χ2n) is 5.12. The molecule has 94 valence electrons. The van der Waals surface area contributed by atoms with Crippen molar-refractivity contribution in [1.29, 1.82) is 0 Å². The third kappa shape index (κ3) is 3.17. The zero-order valence-electron chi connectivity index (χ0n) is 10.2. The van der Waals surface area contributed by atoms with Crippen molar-refractivity contribution in [3.8, 4) is 0 Å². The van der Waals surface area contributed by atoms with Gasteiger partial charge in [0.1, 0.15) is 5.60 Å². The third-order valence-electron chi connectivity index (χ3n) is 3.84. The first-order valence-electron chi connectivity index (χ1n) is 6.48. The zero-order valence-corrected chi connectivity index (χ0v) is 10.2. The highest BCUT2D eigenvalue weighted by atomic mass is 16.5. The third-order valence-corrected chi connectivity index (χ3v) is 3.84. The van der Waals surface area contributed by atoms with E-state index in [1.54, 1.807) is 0 Å². The van der Waals surface area contributed by atoms with Crippen LogP contribution in [-0.2, 0) is 4.74 Å². The topological polar surface area (TPSA) is 44.7 Å². The molecular formula is C12H24N2O2. The Bertz CT molecular complexity index is 209. The molecule has 4 heteroatoms. The van der Waals surface area contributed by atoms with Crippen molar-refractivity contribution < 1.29 is 9.84 Å². The summed E-state index contributed by atoms with van der Waals surface area (Å²) in [5.41, 5.74) is -0.609. The normalized spacial score (nSPS) is 33.4. The van der Waals surface area contributed by atoms with Crippen LogP contribution in [-0.4, -0.2) is 61.0 Å². The lowest BCUT2D eigenvalue weighted by molar-refractivity contribution is 0.0227. The van der Waals surface area contributed by atoms with Gasteiger partial charge in [0.15, 0.2) is 0 Å². The summed E-state index contributed by atoms with van der Waals surface area (Å²) in [6.07, 6.45) is 3.17. The number of hydrogen-bond donors (Lipinski definition) is 2. The summed E-state index contributed by atoms with van der Waals surface area (Å²) in [6, 6.07) is 0.576. The molecule has 0 aromatic heterocycles. The summed E-state index contributed by atoms with van der Waals surface area (Å²) in [5.74, 6) is 0. The van der Waals surface area contributed by atoms with Crippen LogP contribution in [0.25, 0.3) is 0 Å². The molecule has 1 unspecified atom stereocenters. The van der Waals surface area contributed by atoms with Crippen molar-refractivity contribution >= 4 is 0 Å². The lowest BCUT2D eigenvalue weighted by atomic mass is 10.0. The van der Waals surface area contributed by atoms with Gasteiger partial charge in [0.2, 0.25) is 0 Å². The van der Waals surface area contributed by atoms with E-state index < -0.39 is 5.60 Å². The monoisotopic (exact) mass is 228 g/mol. The predicted molar refractivity (Wildman–Crippen MR) is 63.5 cm³/mol. The Balaban J connectivity index is 1.67. The van der Waals surface area contributed by atoms with Crippen molar-refractivity contribution in [3.05, 3.63) is 0 Å². The van der Waals surface area contributed by atoms with Gasteiger partial charge in [0, 0.05) is 25.6 Å². The van der Waals surface area contributed by atoms with Crippen molar-refractivity contribution in [2.24, 2.45) is 0 Å². The van der Waals surface area contributed by atoms with E-state index >= 15 is 0 Å². The Morgan fingerprint density at radius 2 is 2.19 bits per heavy atom. The highest BCUT2D eigenvalue weighted by molar-refractivity contribution is 4.87. The van der Waals surface area contributed by atoms with Crippen molar-refractivity contribution in [1.82, 2.24) is 10.2 Å². The standard InChI is InChI=1S/C12H24N2O2/c1-2-14-6-3-11(4-7-14)13-9-12(15)5-8-16-10-12/h11,13,15H,2-10H2,1H3. The number of piperidine rings is 1. The van der Waals surface area contributed by atoms with Crippen LogP contribution in [0.3, 0.4) is 0 Å². The summed E-state index contributed by atoms with van der Waals surface area (Å²) < 4.78 is 5.24. The molecule has 0 amide bonds. The van der Waals surface area contributed by atoms with E-state index in [1.165, 1.54) is 25.9 Å².